The fourth-order valence-corrected chi connectivity index (χ4v) is 3.76. The molecule has 9 heteroatoms. The minimum absolute atomic E-state index is 0.112. The van der Waals surface area contributed by atoms with Gasteiger partial charge in [0.25, 0.3) is 0 Å². The quantitative estimate of drug-likeness (QED) is 0.834. The second-order valence-electron chi connectivity index (χ2n) is 5.34. The second kappa shape index (κ2) is 6.17. The summed E-state index contributed by atoms with van der Waals surface area (Å²) in [5, 5.41) is 8.87. The molecule has 126 valence electrons. The summed E-state index contributed by atoms with van der Waals surface area (Å²) in [6.07, 6.45) is 3.19. The van der Waals surface area contributed by atoms with Crippen molar-refractivity contribution in [1.29, 1.82) is 0 Å². The number of carboxylic acid groups (broad SMARTS) is 1. The molecular weight excluding hydrogens is 332 g/mol. The fourth-order valence-electron chi connectivity index (χ4n) is 2.73. The second-order valence-corrected chi connectivity index (χ2v) is 7.19. The third kappa shape index (κ3) is 2.95. The van der Waals surface area contributed by atoms with Crippen molar-refractivity contribution in [3.8, 4) is 0 Å². The molecule has 0 saturated heterocycles. The highest BCUT2D eigenvalue weighted by Gasteiger charge is 2.24. The van der Waals surface area contributed by atoms with Gasteiger partial charge in [-0.05, 0) is 30.7 Å². The predicted molar refractivity (Wildman–Crippen MR) is 86.4 cm³/mol. The van der Waals surface area contributed by atoms with Crippen LogP contribution in [0, 0.1) is 0 Å². The monoisotopic (exact) mass is 348 g/mol. The minimum Gasteiger partial charge on any atom is -0.476 e. The van der Waals surface area contributed by atoms with Gasteiger partial charge in [-0.3, -0.25) is 0 Å². The predicted octanol–water partition coefficient (Wildman–Crippen LogP) is 0.646. The van der Waals surface area contributed by atoms with E-state index in [9.17, 15) is 13.2 Å². The van der Waals surface area contributed by atoms with Crippen molar-refractivity contribution < 1.29 is 18.3 Å². The van der Waals surface area contributed by atoms with Crippen LogP contribution in [0.25, 0.3) is 0 Å². The summed E-state index contributed by atoms with van der Waals surface area (Å²) in [6.45, 7) is 1.06. The molecule has 0 saturated carbocycles. The highest BCUT2D eigenvalue weighted by molar-refractivity contribution is 7.89. The van der Waals surface area contributed by atoms with Crippen molar-refractivity contribution in [2.75, 3.05) is 18.5 Å². The number of benzene rings is 1. The number of rotatable bonds is 4. The van der Waals surface area contributed by atoms with Gasteiger partial charge >= 0.3 is 5.97 Å². The van der Waals surface area contributed by atoms with Gasteiger partial charge in [0.15, 0.2) is 5.69 Å². The Bertz CT molecular complexity index is 881. The van der Waals surface area contributed by atoms with E-state index >= 15 is 0 Å². The number of nitrogens with zero attached hydrogens (tertiary/aromatic N) is 3. The smallest absolute Gasteiger partial charge is 0.356 e. The highest BCUT2D eigenvalue weighted by Crippen LogP contribution is 2.27. The van der Waals surface area contributed by atoms with Crippen LogP contribution in [-0.2, 0) is 23.0 Å². The van der Waals surface area contributed by atoms with Crippen molar-refractivity contribution in [2.45, 2.75) is 17.9 Å². The number of carbonyl (C=O) groups is 1. The average molecular weight is 348 g/mol. The summed E-state index contributed by atoms with van der Waals surface area (Å²) in [5.41, 5.74) is 1.60. The van der Waals surface area contributed by atoms with E-state index in [2.05, 4.69) is 14.7 Å². The molecule has 0 spiro atoms. The zero-order valence-electron chi connectivity index (χ0n) is 12.9. The third-order valence-electron chi connectivity index (χ3n) is 3.96. The Morgan fingerprint density at radius 1 is 1.29 bits per heavy atom. The van der Waals surface area contributed by atoms with Gasteiger partial charge < -0.3 is 10.0 Å². The van der Waals surface area contributed by atoms with Crippen LogP contribution >= 0.6 is 0 Å². The number of sulfonamides is 1. The van der Waals surface area contributed by atoms with Crippen molar-refractivity contribution in [2.24, 2.45) is 0 Å². The number of fused-ring (bicyclic) bond motifs is 1. The van der Waals surface area contributed by atoms with E-state index in [1.165, 1.54) is 19.4 Å². The standard InChI is InChI=1S/C15H16N4O4S/c1-16-24(22,23)13-4-2-3-10-9-19(6-5-11(10)13)14-8-17-12(7-18-14)15(20)21/h2-4,7-8,16H,5-6,9H2,1H3,(H,20,21). The summed E-state index contributed by atoms with van der Waals surface area (Å²) >= 11 is 0. The van der Waals surface area contributed by atoms with Gasteiger partial charge in [0.05, 0.1) is 17.3 Å². The molecule has 0 amide bonds. The van der Waals surface area contributed by atoms with Gasteiger partial charge in [-0.2, -0.15) is 0 Å². The number of aromatic nitrogens is 2. The van der Waals surface area contributed by atoms with Crippen LogP contribution in [0.2, 0.25) is 0 Å². The number of aromatic carboxylic acids is 1. The molecule has 0 bridgehead atoms. The molecule has 0 fully saturated rings. The first-order valence-corrected chi connectivity index (χ1v) is 8.75. The Hall–Kier alpha value is -2.52. The molecule has 1 aromatic heterocycles. The van der Waals surface area contributed by atoms with Crippen molar-refractivity contribution in [1.82, 2.24) is 14.7 Å². The minimum atomic E-state index is -3.50. The number of nitrogens with one attached hydrogen (secondary N) is 1. The SMILES string of the molecule is CNS(=O)(=O)c1cccc2c1CCN(c1cnc(C(=O)O)cn1)C2. The first kappa shape index (κ1) is 16.3. The molecular formula is C15H16N4O4S. The van der Waals surface area contributed by atoms with E-state index in [4.69, 9.17) is 5.11 Å². The van der Waals surface area contributed by atoms with Crippen molar-refractivity contribution >= 4 is 21.8 Å². The molecule has 0 atom stereocenters. The third-order valence-corrected chi connectivity index (χ3v) is 5.46. The molecule has 24 heavy (non-hydrogen) atoms. The van der Waals surface area contributed by atoms with Gasteiger partial charge in [0.2, 0.25) is 10.0 Å². The van der Waals surface area contributed by atoms with E-state index in [0.717, 1.165) is 11.1 Å². The Morgan fingerprint density at radius 2 is 2.08 bits per heavy atom. The molecule has 1 aliphatic heterocycles. The number of hydrogen-bond donors (Lipinski definition) is 2. The van der Waals surface area contributed by atoms with Gasteiger partial charge in [-0.25, -0.2) is 27.9 Å². The maximum Gasteiger partial charge on any atom is 0.356 e. The van der Waals surface area contributed by atoms with E-state index < -0.39 is 16.0 Å². The van der Waals surface area contributed by atoms with Crippen LogP contribution in [0.3, 0.4) is 0 Å². The summed E-state index contributed by atoms with van der Waals surface area (Å²) in [6, 6.07) is 5.20. The number of anilines is 1. The molecule has 3 rings (SSSR count). The van der Waals surface area contributed by atoms with Crippen LogP contribution in [0.5, 0.6) is 0 Å². The molecule has 1 aromatic carbocycles. The summed E-state index contributed by atoms with van der Waals surface area (Å²) in [4.78, 5) is 21.1. The molecule has 0 radical (unpaired) electrons. The lowest BCUT2D eigenvalue weighted by Crippen LogP contribution is -2.33. The Morgan fingerprint density at radius 3 is 2.71 bits per heavy atom. The lowest BCUT2D eigenvalue weighted by Gasteiger charge is -2.30. The lowest BCUT2D eigenvalue weighted by molar-refractivity contribution is 0.0690. The van der Waals surface area contributed by atoms with Crippen LogP contribution in [-0.4, -0.2) is 43.1 Å². The molecule has 2 aromatic rings. The van der Waals surface area contributed by atoms with Gasteiger partial charge in [-0.1, -0.05) is 12.1 Å². The molecule has 2 heterocycles. The Kier molecular flexibility index (Phi) is 4.20. The maximum atomic E-state index is 12.1. The van der Waals surface area contributed by atoms with Crippen molar-refractivity contribution in [3.05, 3.63) is 47.4 Å². The van der Waals surface area contributed by atoms with Crippen LogP contribution < -0.4 is 9.62 Å². The highest BCUT2D eigenvalue weighted by atomic mass is 32.2. The number of carboxylic acids is 1. The summed E-state index contributed by atoms with van der Waals surface area (Å²) in [5.74, 6) is -0.563. The van der Waals surface area contributed by atoms with E-state index in [-0.39, 0.29) is 5.69 Å². The largest absolute Gasteiger partial charge is 0.476 e. The zero-order chi connectivity index (χ0) is 17.3. The van der Waals surface area contributed by atoms with Crippen LogP contribution in [0.15, 0.2) is 35.5 Å². The fraction of sp³-hybridized carbons (Fsp3) is 0.267. The van der Waals surface area contributed by atoms with Crippen LogP contribution in [0.4, 0.5) is 5.82 Å². The van der Waals surface area contributed by atoms with Gasteiger partial charge in [0.1, 0.15) is 5.82 Å². The molecule has 0 unspecified atom stereocenters. The molecule has 2 N–H and O–H groups in total. The zero-order valence-corrected chi connectivity index (χ0v) is 13.7. The van der Waals surface area contributed by atoms with E-state index in [0.29, 0.717) is 30.2 Å². The molecule has 8 nitrogen and oxygen atoms in total. The summed E-state index contributed by atoms with van der Waals surface area (Å²) < 4.78 is 26.6. The van der Waals surface area contributed by atoms with Crippen LogP contribution in [0.1, 0.15) is 21.6 Å². The normalized spacial score (nSPS) is 14.3. The number of hydrogen-bond acceptors (Lipinski definition) is 6. The molecule has 0 aliphatic carbocycles. The average Bonchev–Trinajstić information content (AvgIpc) is 2.60. The molecule has 1 aliphatic rings. The van der Waals surface area contributed by atoms with E-state index in [1.807, 2.05) is 11.0 Å². The summed E-state index contributed by atoms with van der Waals surface area (Å²) in [7, 11) is -2.11. The topological polar surface area (TPSA) is 112 Å². The maximum absolute atomic E-state index is 12.1. The lowest BCUT2D eigenvalue weighted by atomic mass is 10.00. The Balaban J connectivity index is 1.90. The van der Waals surface area contributed by atoms with Gasteiger partial charge in [0, 0.05) is 13.1 Å². The first-order chi connectivity index (χ1) is 11.4. The van der Waals surface area contributed by atoms with E-state index in [1.54, 1.807) is 12.1 Å². The Labute approximate surface area is 139 Å². The van der Waals surface area contributed by atoms with Gasteiger partial charge in [-0.15, -0.1) is 0 Å². The van der Waals surface area contributed by atoms with Crippen molar-refractivity contribution in [3.63, 3.8) is 0 Å². The first-order valence-electron chi connectivity index (χ1n) is 7.27.